The number of aromatic amines is 1. The van der Waals surface area contributed by atoms with Crippen molar-refractivity contribution in [1.82, 2.24) is 4.98 Å². The topological polar surface area (TPSA) is 93.0 Å². The van der Waals surface area contributed by atoms with Gasteiger partial charge in [0, 0.05) is 11.6 Å². The third kappa shape index (κ3) is 3.26. The summed E-state index contributed by atoms with van der Waals surface area (Å²) in [6.45, 7) is 3.94. The van der Waals surface area contributed by atoms with Crippen molar-refractivity contribution in [3.8, 4) is 11.1 Å². The molecule has 0 radical (unpaired) electrons. The Balaban J connectivity index is 1.83. The van der Waals surface area contributed by atoms with Gasteiger partial charge in [0.2, 0.25) is 0 Å². The fourth-order valence-electron chi connectivity index (χ4n) is 4.35. The van der Waals surface area contributed by atoms with Crippen LogP contribution < -0.4 is 5.73 Å². The maximum absolute atomic E-state index is 12.5. The molecule has 0 spiro atoms. The lowest BCUT2D eigenvalue weighted by Gasteiger charge is -2.31. The first kappa shape index (κ1) is 19.2. The number of benzene rings is 1. The molecule has 0 unspecified atom stereocenters. The minimum Gasteiger partial charge on any atom is -0.366 e. The number of fused-ring (bicyclic) bond motifs is 1. The normalized spacial score (nSPS) is 22.0. The van der Waals surface area contributed by atoms with Crippen molar-refractivity contribution in [2.75, 3.05) is 5.75 Å². The van der Waals surface area contributed by atoms with Gasteiger partial charge >= 0.3 is 0 Å². The average Bonchev–Trinajstić information content (AvgIpc) is 3.30. The molecule has 1 fully saturated rings. The van der Waals surface area contributed by atoms with Gasteiger partial charge in [-0.2, -0.15) is 11.3 Å². The number of sulfone groups is 1. The maximum atomic E-state index is 12.5. The number of primary amides is 1. The zero-order valence-corrected chi connectivity index (χ0v) is 17.6. The fourth-order valence-corrected chi connectivity index (χ4v) is 7.29. The van der Waals surface area contributed by atoms with Crippen molar-refractivity contribution in [3.05, 3.63) is 46.3 Å². The molecule has 3 heterocycles. The van der Waals surface area contributed by atoms with Crippen molar-refractivity contribution in [3.63, 3.8) is 0 Å². The van der Waals surface area contributed by atoms with Crippen molar-refractivity contribution in [1.29, 1.82) is 0 Å². The Kier molecular flexibility index (Phi) is 4.83. The number of nitrogens with one attached hydrogen (secondary N) is 1. The quantitative estimate of drug-likeness (QED) is 0.663. The van der Waals surface area contributed by atoms with E-state index in [1.165, 1.54) is 0 Å². The van der Waals surface area contributed by atoms with Crippen LogP contribution in [0.1, 0.15) is 48.5 Å². The van der Waals surface area contributed by atoms with Crippen molar-refractivity contribution in [2.45, 2.75) is 37.9 Å². The number of hydrogen-bond acceptors (Lipinski definition) is 4. The summed E-state index contributed by atoms with van der Waals surface area (Å²) in [7, 11) is -3.05. The molecule has 5 nitrogen and oxygen atoms in total. The highest BCUT2D eigenvalue weighted by atomic mass is 32.2. The highest BCUT2D eigenvalue weighted by Gasteiger charge is 2.37. The van der Waals surface area contributed by atoms with Gasteiger partial charge in [0.1, 0.15) is 0 Å². The van der Waals surface area contributed by atoms with Crippen molar-refractivity contribution < 1.29 is 13.2 Å². The Hall–Kier alpha value is -2.12. The summed E-state index contributed by atoms with van der Waals surface area (Å²) in [6.07, 6.45) is 3.14. The summed E-state index contributed by atoms with van der Waals surface area (Å²) in [5.74, 6) is -0.0365. The smallest absolute Gasteiger partial charge is 0.250 e. The van der Waals surface area contributed by atoms with Gasteiger partial charge in [0.25, 0.3) is 5.91 Å². The molecule has 0 bridgehead atoms. The van der Waals surface area contributed by atoms with E-state index >= 15 is 0 Å². The molecule has 1 aliphatic heterocycles. The summed E-state index contributed by atoms with van der Waals surface area (Å²) >= 11 is 1.60. The predicted molar refractivity (Wildman–Crippen MR) is 115 cm³/mol. The van der Waals surface area contributed by atoms with Crippen LogP contribution in [0.4, 0.5) is 0 Å². The van der Waals surface area contributed by atoms with Crippen LogP contribution in [0.3, 0.4) is 0 Å². The van der Waals surface area contributed by atoms with E-state index in [9.17, 15) is 13.2 Å². The molecular weight excluding hydrogens is 392 g/mol. The first-order valence-corrected chi connectivity index (χ1v) is 12.1. The Morgan fingerprint density at radius 1 is 1.29 bits per heavy atom. The molecule has 0 aliphatic carbocycles. The van der Waals surface area contributed by atoms with Crippen LogP contribution in [0, 0.1) is 5.92 Å². The number of hydrogen-bond donors (Lipinski definition) is 2. The van der Waals surface area contributed by atoms with E-state index in [2.05, 4.69) is 11.1 Å². The van der Waals surface area contributed by atoms with Crippen LogP contribution in [-0.4, -0.2) is 30.3 Å². The summed E-state index contributed by atoms with van der Waals surface area (Å²) in [4.78, 5) is 15.3. The Labute approximate surface area is 168 Å². The van der Waals surface area contributed by atoms with E-state index in [0.717, 1.165) is 27.6 Å². The number of H-pyrrole nitrogens is 1. The highest BCUT2D eigenvalue weighted by molar-refractivity contribution is 7.92. The first-order chi connectivity index (χ1) is 13.3. The van der Waals surface area contributed by atoms with Gasteiger partial charge in [-0.15, -0.1) is 0 Å². The molecule has 2 atom stereocenters. The molecule has 1 amide bonds. The highest BCUT2D eigenvalue weighted by Crippen LogP contribution is 2.40. The van der Waals surface area contributed by atoms with E-state index < -0.39 is 15.7 Å². The van der Waals surface area contributed by atoms with Gasteiger partial charge < -0.3 is 10.7 Å². The SMILES string of the molecule is CC(C)[C@@H]1C[C@@H](c2c[nH]c3c(C(N)=O)cc(-c4ccsc4)cc23)CCS1(=O)=O. The number of nitrogens with two attached hydrogens (primary N) is 1. The largest absolute Gasteiger partial charge is 0.366 e. The third-order valence-corrected chi connectivity index (χ3v) is 9.00. The Morgan fingerprint density at radius 3 is 2.71 bits per heavy atom. The van der Waals surface area contributed by atoms with Gasteiger partial charge in [-0.1, -0.05) is 13.8 Å². The molecule has 2 aromatic heterocycles. The van der Waals surface area contributed by atoms with E-state index in [1.54, 1.807) is 11.3 Å². The van der Waals surface area contributed by atoms with E-state index in [0.29, 0.717) is 18.4 Å². The average molecular weight is 417 g/mol. The van der Waals surface area contributed by atoms with Crippen LogP contribution >= 0.6 is 11.3 Å². The second kappa shape index (κ2) is 7.04. The van der Waals surface area contributed by atoms with Crippen LogP contribution in [0.2, 0.25) is 0 Å². The molecule has 1 saturated heterocycles. The standard InChI is InChI=1S/C21H24N2O3S2/c1-12(2)19-9-13(4-6-28(19,25)26)18-10-23-20-16(18)7-15(8-17(20)21(22)24)14-3-5-27-11-14/h3,5,7-8,10-13,19,23H,4,6,9H2,1-2H3,(H2,22,24)/t13-,19-/m0/s1. The van der Waals surface area contributed by atoms with Gasteiger partial charge in [0.05, 0.1) is 22.1 Å². The lowest BCUT2D eigenvalue weighted by Crippen LogP contribution is -2.35. The lowest BCUT2D eigenvalue weighted by molar-refractivity contribution is 0.100. The van der Waals surface area contributed by atoms with Gasteiger partial charge in [0.15, 0.2) is 9.84 Å². The second-order valence-corrected chi connectivity index (χ2v) is 11.1. The summed E-state index contributed by atoms with van der Waals surface area (Å²) < 4.78 is 25.0. The summed E-state index contributed by atoms with van der Waals surface area (Å²) in [6, 6.07) is 5.93. The molecule has 4 rings (SSSR count). The van der Waals surface area contributed by atoms with E-state index in [4.69, 9.17) is 5.73 Å². The predicted octanol–water partition coefficient (Wildman–Crippen LogP) is 4.31. The van der Waals surface area contributed by atoms with Crippen molar-refractivity contribution >= 4 is 38.0 Å². The molecule has 1 aromatic carbocycles. The van der Waals surface area contributed by atoms with Gasteiger partial charge in [-0.3, -0.25) is 4.79 Å². The van der Waals surface area contributed by atoms with Crippen LogP contribution in [-0.2, 0) is 9.84 Å². The Bertz CT molecular complexity index is 1130. The van der Waals surface area contributed by atoms with E-state index in [-0.39, 0.29) is 22.8 Å². The van der Waals surface area contributed by atoms with Crippen LogP contribution in [0.25, 0.3) is 22.0 Å². The number of amides is 1. The lowest BCUT2D eigenvalue weighted by atomic mass is 9.87. The van der Waals surface area contributed by atoms with E-state index in [1.807, 2.05) is 42.9 Å². The molecule has 7 heteroatoms. The minimum absolute atomic E-state index is 0.0838. The number of thiophene rings is 1. The number of carbonyl (C=O) groups excluding carboxylic acids is 1. The molecule has 3 aromatic rings. The molecule has 3 N–H and O–H groups in total. The monoisotopic (exact) mass is 416 g/mol. The molecular formula is C21H24N2O3S2. The van der Waals surface area contributed by atoms with Crippen molar-refractivity contribution in [2.24, 2.45) is 11.7 Å². The van der Waals surface area contributed by atoms with Crippen LogP contribution in [0.15, 0.2) is 35.2 Å². The van der Waals surface area contributed by atoms with Crippen LogP contribution in [0.5, 0.6) is 0 Å². The third-order valence-electron chi connectivity index (χ3n) is 5.85. The molecule has 1 aliphatic rings. The molecule has 0 saturated carbocycles. The molecule has 148 valence electrons. The number of carbonyl (C=O) groups is 1. The summed E-state index contributed by atoms with van der Waals surface area (Å²) in [5.41, 5.74) is 9.93. The Morgan fingerprint density at radius 2 is 2.07 bits per heavy atom. The van der Waals surface area contributed by atoms with Gasteiger partial charge in [-0.05, 0) is 70.3 Å². The number of rotatable bonds is 4. The zero-order chi connectivity index (χ0) is 20.1. The maximum Gasteiger partial charge on any atom is 0.250 e. The first-order valence-electron chi connectivity index (χ1n) is 9.47. The fraction of sp³-hybridized carbons (Fsp3) is 0.381. The number of aromatic nitrogens is 1. The minimum atomic E-state index is -3.05. The molecule has 28 heavy (non-hydrogen) atoms. The second-order valence-electron chi connectivity index (χ2n) is 7.94. The van der Waals surface area contributed by atoms with Gasteiger partial charge in [-0.25, -0.2) is 8.42 Å². The summed E-state index contributed by atoms with van der Waals surface area (Å²) in [5, 5.41) is 4.68. The zero-order valence-electron chi connectivity index (χ0n) is 15.9.